The van der Waals surface area contributed by atoms with E-state index >= 15 is 0 Å². The SMILES string of the molecule is COC(=O)c1cccc(C[NH3+])c1. The van der Waals surface area contributed by atoms with E-state index in [0.29, 0.717) is 12.1 Å². The lowest BCUT2D eigenvalue weighted by Crippen LogP contribution is -2.47. The number of hydrogen-bond acceptors (Lipinski definition) is 2. The minimum absolute atomic E-state index is 0.301. The molecule has 0 heterocycles. The monoisotopic (exact) mass is 166 g/mol. The molecule has 0 radical (unpaired) electrons. The Balaban J connectivity index is 2.93. The summed E-state index contributed by atoms with van der Waals surface area (Å²) in [5.74, 6) is -0.301. The van der Waals surface area contributed by atoms with Crippen molar-refractivity contribution in [1.82, 2.24) is 0 Å². The first kappa shape index (κ1) is 8.74. The third-order valence-corrected chi connectivity index (χ3v) is 1.64. The highest BCUT2D eigenvalue weighted by atomic mass is 16.5. The van der Waals surface area contributed by atoms with Gasteiger partial charge in [0, 0.05) is 5.56 Å². The van der Waals surface area contributed by atoms with Crippen molar-refractivity contribution in [3.05, 3.63) is 35.4 Å². The van der Waals surface area contributed by atoms with Crippen LogP contribution in [0.2, 0.25) is 0 Å². The van der Waals surface area contributed by atoms with Crippen molar-refractivity contribution in [2.75, 3.05) is 7.11 Å². The Morgan fingerprint density at radius 2 is 2.33 bits per heavy atom. The molecule has 0 spiro atoms. The van der Waals surface area contributed by atoms with Crippen molar-refractivity contribution >= 4 is 5.97 Å². The summed E-state index contributed by atoms with van der Waals surface area (Å²) in [6, 6.07) is 7.27. The van der Waals surface area contributed by atoms with Crippen molar-refractivity contribution in [3.8, 4) is 0 Å². The fraction of sp³-hybridized carbons (Fsp3) is 0.222. The van der Waals surface area contributed by atoms with Crippen LogP contribution < -0.4 is 5.73 Å². The standard InChI is InChI=1S/C9H11NO2/c1-12-9(11)8-4-2-3-7(5-8)6-10/h2-5H,6,10H2,1H3/p+1. The van der Waals surface area contributed by atoms with Crippen LogP contribution in [0, 0.1) is 0 Å². The molecule has 64 valence electrons. The van der Waals surface area contributed by atoms with Gasteiger partial charge in [-0.2, -0.15) is 0 Å². The lowest BCUT2D eigenvalue weighted by atomic mass is 10.1. The molecular formula is C9H12NO2+. The minimum Gasteiger partial charge on any atom is -0.465 e. The van der Waals surface area contributed by atoms with Crippen molar-refractivity contribution in [2.24, 2.45) is 0 Å². The average Bonchev–Trinajstić information content (AvgIpc) is 2.17. The minimum atomic E-state index is -0.301. The average molecular weight is 166 g/mol. The number of methoxy groups -OCH3 is 1. The summed E-state index contributed by atoms with van der Waals surface area (Å²) in [5.41, 5.74) is 5.35. The van der Waals surface area contributed by atoms with Crippen molar-refractivity contribution < 1.29 is 15.3 Å². The number of esters is 1. The molecule has 0 aliphatic heterocycles. The molecule has 1 aromatic rings. The number of quaternary nitrogens is 1. The van der Waals surface area contributed by atoms with Gasteiger partial charge >= 0.3 is 5.97 Å². The quantitative estimate of drug-likeness (QED) is 0.639. The first-order valence-electron chi connectivity index (χ1n) is 3.74. The van der Waals surface area contributed by atoms with Gasteiger partial charge in [0.05, 0.1) is 19.2 Å². The van der Waals surface area contributed by atoms with E-state index in [1.54, 1.807) is 12.1 Å². The Morgan fingerprint density at radius 1 is 1.58 bits per heavy atom. The highest BCUT2D eigenvalue weighted by molar-refractivity contribution is 5.89. The Morgan fingerprint density at radius 3 is 2.92 bits per heavy atom. The molecule has 12 heavy (non-hydrogen) atoms. The van der Waals surface area contributed by atoms with E-state index in [2.05, 4.69) is 10.5 Å². The van der Waals surface area contributed by atoms with E-state index in [0.717, 1.165) is 5.56 Å². The molecule has 0 saturated carbocycles. The normalized spacial score (nSPS) is 9.50. The van der Waals surface area contributed by atoms with Gasteiger partial charge in [0.1, 0.15) is 0 Å². The van der Waals surface area contributed by atoms with Gasteiger partial charge in [-0.25, -0.2) is 4.79 Å². The van der Waals surface area contributed by atoms with E-state index < -0.39 is 0 Å². The van der Waals surface area contributed by atoms with E-state index in [1.807, 2.05) is 12.1 Å². The first-order chi connectivity index (χ1) is 5.77. The van der Waals surface area contributed by atoms with E-state index in [-0.39, 0.29) is 5.97 Å². The molecule has 0 bridgehead atoms. The summed E-state index contributed by atoms with van der Waals surface area (Å²) in [4.78, 5) is 11.0. The number of hydrogen-bond donors (Lipinski definition) is 1. The van der Waals surface area contributed by atoms with Gasteiger partial charge in [0.15, 0.2) is 0 Å². The van der Waals surface area contributed by atoms with Gasteiger partial charge in [0.2, 0.25) is 0 Å². The maximum absolute atomic E-state index is 11.0. The molecule has 3 nitrogen and oxygen atoms in total. The Kier molecular flexibility index (Phi) is 2.82. The third kappa shape index (κ3) is 1.83. The number of carbonyl (C=O) groups is 1. The van der Waals surface area contributed by atoms with Gasteiger partial charge in [-0.3, -0.25) is 0 Å². The fourth-order valence-electron chi connectivity index (χ4n) is 0.972. The second-order valence-corrected chi connectivity index (χ2v) is 2.44. The second-order valence-electron chi connectivity index (χ2n) is 2.44. The third-order valence-electron chi connectivity index (χ3n) is 1.64. The van der Waals surface area contributed by atoms with Crippen LogP contribution in [0.3, 0.4) is 0 Å². The highest BCUT2D eigenvalue weighted by Crippen LogP contribution is 2.04. The van der Waals surface area contributed by atoms with Gasteiger partial charge in [0.25, 0.3) is 0 Å². The van der Waals surface area contributed by atoms with Crippen LogP contribution in [-0.2, 0) is 11.3 Å². The number of carbonyl (C=O) groups excluding carboxylic acids is 1. The maximum Gasteiger partial charge on any atom is 0.337 e. The molecule has 0 amide bonds. The lowest BCUT2D eigenvalue weighted by molar-refractivity contribution is -0.386. The highest BCUT2D eigenvalue weighted by Gasteiger charge is 2.04. The summed E-state index contributed by atoms with van der Waals surface area (Å²) >= 11 is 0. The Bertz CT molecular complexity index is 284. The lowest BCUT2D eigenvalue weighted by Gasteiger charge is -1.99. The zero-order valence-electron chi connectivity index (χ0n) is 7.04. The van der Waals surface area contributed by atoms with Crippen LogP contribution in [0.1, 0.15) is 15.9 Å². The summed E-state index contributed by atoms with van der Waals surface area (Å²) in [7, 11) is 1.37. The smallest absolute Gasteiger partial charge is 0.337 e. The molecule has 0 aliphatic carbocycles. The molecule has 0 atom stereocenters. The van der Waals surface area contributed by atoms with E-state index in [9.17, 15) is 4.79 Å². The predicted molar refractivity (Wildman–Crippen MR) is 44.4 cm³/mol. The zero-order valence-corrected chi connectivity index (χ0v) is 7.04. The van der Waals surface area contributed by atoms with Crippen LogP contribution >= 0.6 is 0 Å². The van der Waals surface area contributed by atoms with Gasteiger partial charge in [-0.15, -0.1) is 0 Å². The molecule has 1 rings (SSSR count). The van der Waals surface area contributed by atoms with Crippen molar-refractivity contribution in [2.45, 2.75) is 6.54 Å². The molecule has 0 fully saturated rings. The van der Waals surface area contributed by atoms with Gasteiger partial charge < -0.3 is 10.5 Å². The van der Waals surface area contributed by atoms with E-state index in [1.165, 1.54) is 7.11 Å². The van der Waals surface area contributed by atoms with Crippen LogP contribution in [0.4, 0.5) is 0 Å². The number of benzene rings is 1. The number of ether oxygens (including phenoxy) is 1. The van der Waals surface area contributed by atoms with Crippen molar-refractivity contribution in [3.63, 3.8) is 0 Å². The largest absolute Gasteiger partial charge is 0.465 e. The van der Waals surface area contributed by atoms with Crippen LogP contribution in [0.25, 0.3) is 0 Å². The Labute approximate surface area is 71.1 Å². The van der Waals surface area contributed by atoms with Crippen LogP contribution in [0.5, 0.6) is 0 Å². The van der Waals surface area contributed by atoms with Crippen LogP contribution in [-0.4, -0.2) is 13.1 Å². The maximum atomic E-state index is 11.0. The fourth-order valence-corrected chi connectivity index (χ4v) is 0.972. The first-order valence-corrected chi connectivity index (χ1v) is 3.74. The molecule has 0 aliphatic rings. The molecular weight excluding hydrogens is 154 g/mol. The van der Waals surface area contributed by atoms with Gasteiger partial charge in [-0.05, 0) is 12.1 Å². The molecule has 3 N–H and O–H groups in total. The summed E-state index contributed by atoms with van der Waals surface area (Å²) in [6.07, 6.45) is 0. The number of rotatable bonds is 2. The van der Waals surface area contributed by atoms with E-state index in [4.69, 9.17) is 0 Å². The summed E-state index contributed by atoms with van der Waals surface area (Å²) in [6.45, 7) is 0.685. The topological polar surface area (TPSA) is 53.9 Å². The summed E-state index contributed by atoms with van der Waals surface area (Å²) in [5, 5.41) is 0. The molecule has 1 aromatic carbocycles. The molecule has 3 heteroatoms. The van der Waals surface area contributed by atoms with Gasteiger partial charge in [-0.1, -0.05) is 12.1 Å². The van der Waals surface area contributed by atoms with Crippen LogP contribution in [0.15, 0.2) is 24.3 Å². The Hall–Kier alpha value is -1.35. The molecule has 0 unspecified atom stereocenters. The zero-order chi connectivity index (χ0) is 8.97. The predicted octanol–water partition coefficient (Wildman–Crippen LogP) is 0.215. The summed E-state index contributed by atoms with van der Waals surface area (Å²) < 4.78 is 4.58. The van der Waals surface area contributed by atoms with Crippen molar-refractivity contribution in [1.29, 1.82) is 0 Å². The molecule has 0 aromatic heterocycles. The molecule has 0 saturated heterocycles. The second kappa shape index (κ2) is 3.88.